The second-order valence-corrected chi connectivity index (χ2v) is 11.6. The predicted octanol–water partition coefficient (Wildman–Crippen LogP) is 0.921. The Morgan fingerprint density at radius 2 is 1.76 bits per heavy atom. The van der Waals surface area contributed by atoms with Crippen molar-refractivity contribution in [3.05, 3.63) is 64.7 Å². The maximum atomic E-state index is 13.8. The molecule has 0 bridgehead atoms. The quantitative estimate of drug-likeness (QED) is 0.563. The lowest BCUT2D eigenvalue weighted by Gasteiger charge is -2.35. The Labute approximate surface area is 210 Å². The first-order valence-electron chi connectivity index (χ1n) is 11.3. The number of rotatable bonds is 4. The number of sulfone groups is 1. The highest BCUT2D eigenvalue weighted by Crippen LogP contribution is 2.38. The molecular formula is C24H22F2N4O6S. The number of benzene rings is 2. The molecule has 0 radical (unpaired) electrons. The Kier molecular flexibility index (Phi) is 5.77. The minimum atomic E-state index is -3.84. The van der Waals surface area contributed by atoms with Crippen molar-refractivity contribution in [2.24, 2.45) is 0 Å². The fourth-order valence-corrected chi connectivity index (χ4v) is 6.72. The van der Waals surface area contributed by atoms with Gasteiger partial charge >= 0.3 is 6.03 Å². The molecule has 5 rings (SSSR count). The molecule has 13 heteroatoms. The van der Waals surface area contributed by atoms with Gasteiger partial charge in [0.25, 0.3) is 5.91 Å². The fraction of sp³-hybridized carbons (Fsp3) is 0.333. The zero-order chi connectivity index (χ0) is 26.7. The van der Waals surface area contributed by atoms with E-state index in [1.165, 1.54) is 4.90 Å². The molecule has 2 atom stereocenters. The monoisotopic (exact) mass is 532 g/mol. The van der Waals surface area contributed by atoms with Gasteiger partial charge in [0.15, 0.2) is 9.84 Å². The average molecular weight is 533 g/mol. The molecule has 5 amide bonds. The first kappa shape index (κ1) is 24.8. The topological polar surface area (TPSA) is 133 Å². The van der Waals surface area contributed by atoms with Gasteiger partial charge in [0, 0.05) is 31.6 Å². The lowest BCUT2D eigenvalue weighted by Crippen LogP contribution is -2.50. The molecule has 2 N–H and O–H groups in total. The number of nitrogens with zero attached hydrogens (tertiary/aromatic N) is 2. The van der Waals surface area contributed by atoms with Crippen molar-refractivity contribution in [1.82, 2.24) is 15.1 Å². The van der Waals surface area contributed by atoms with Crippen LogP contribution in [-0.4, -0.2) is 72.6 Å². The van der Waals surface area contributed by atoms with Gasteiger partial charge < -0.3 is 15.1 Å². The standard InChI is InChI=1S/C24H22F2N4O6S/c1-29-23(34)28-22(33)24(29)8-13-2-3-18(6-15(13)9-24)27-20(31)10-30-19(11-37(35,36)12-21(30)32)14-4-16(25)7-17(26)5-14/h2-7,19H,8-12H2,1H3,(H,27,31)(H,28,33,34)/t19-,24?/m0/s1. The number of imide groups is 1. The van der Waals surface area contributed by atoms with E-state index in [1.807, 2.05) is 0 Å². The summed E-state index contributed by atoms with van der Waals surface area (Å²) in [5.74, 6) is -5.16. The lowest BCUT2D eigenvalue weighted by molar-refractivity contribution is -0.135. The number of likely N-dealkylation sites (N-methyl/N-ethyl adjacent to an activating group) is 1. The molecule has 37 heavy (non-hydrogen) atoms. The second kappa shape index (κ2) is 8.61. The Morgan fingerprint density at radius 3 is 2.41 bits per heavy atom. The summed E-state index contributed by atoms with van der Waals surface area (Å²) in [4.78, 5) is 52.3. The lowest BCUT2D eigenvalue weighted by atomic mass is 9.95. The maximum Gasteiger partial charge on any atom is 0.324 e. The molecular weight excluding hydrogens is 510 g/mol. The molecule has 0 saturated carbocycles. The fourth-order valence-electron chi connectivity index (χ4n) is 5.21. The molecule has 2 aliphatic heterocycles. The van der Waals surface area contributed by atoms with Gasteiger partial charge in [0.2, 0.25) is 11.8 Å². The smallest absolute Gasteiger partial charge is 0.324 e. The number of halogens is 2. The number of anilines is 1. The van der Waals surface area contributed by atoms with Crippen molar-refractivity contribution in [2.45, 2.75) is 24.4 Å². The van der Waals surface area contributed by atoms with Crippen LogP contribution < -0.4 is 10.6 Å². The summed E-state index contributed by atoms with van der Waals surface area (Å²) < 4.78 is 52.1. The number of urea groups is 1. The van der Waals surface area contributed by atoms with E-state index in [2.05, 4.69) is 10.6 Å². The minimum absolute atomic E-state index is 0.0711. The van der Waals surface area contributed by atoms with E-state index in [1.54, 1.807) is 25.2 Å². The van der Waals surface area contributed by atoms with E-state index in [-0.39, 0.29) is 17.9 Å². The first-order chi connectivity index (χ1) is 17.4. The summed E-state index contributed by atoms with van der Waals surface area (Å²) in [7, 11) is -2.29. The van der Waals surface area contributed by atoms with Crippen LogP contribution in [0.4, 0.5) is 19.3 Å². The SMILES string of the molecule is CN1C(=O)NC(=O)C12Cc1ccc(NC(=O)CN3C(=O)CS(=O)(=O)C[C@H]3c3cc(F)cc(F)c3)cc1C2. The Morgan fingerprint density at radius 1 is 1.08 bits per heavy atom. The van der Waals surface area contributed by atoms with Gasteiger partial charge in [-0.1, -0.05) is 6.07 Å². The van der Waals surface area contributed by atoms with Crippen molar-refractivity contribution >= 4 is 39.3 Å². The molecule has 1 unspecified atom stereocenters. The number of amides is 5. The molecule has 2 aromatic rings. The van der Waals surface area contributed by atoms with Crippen LogP contribution in [0.3, 0.4) is 0 Å². The summed E-state index contributed by atoms with van der Waals surface area (Å²) in [6, 6.07) is 5.80. The van der Waals surface area contributed by atoms with Crippen LogP contribution in [0.1, 0.15) is 22.7 Å². The van der Waals surface area contributed by atoms with Crippen LogP contribution in [0.5, 0.6) is 0 Å². The number of fused-ring (bicyclic) bond motifs is 1. The van der Waals surface area contributed by atoms with E-state index in [0.29, 0.717) is 18.2 Å². The molecule has 1 spiro atoms. The van der Waals surface area contributed by atoms with Crippen molar-refractivity contribution in [3.63, 3.8) is 0 Å². The molecule has 10 nitrogen and oxygen atoms in total. The van der Waals surface area contributed by atoms with Gasteiger partial charge in [-0.15, -0.1) is 0 Å². The van der Waals surface area contributed by atoms with E-state index < -0.39 is 68.9 Å². The molecule has 2 saturated heterocycles. The molecule has 2 fully saturated rings. The van der Waals surface area contributed by atoms with Crippen molar-refractivity contribution in [3.8, 4) is 0 Å². The summed E-state index contributed by atoms with van der Waals surface area (Å²) in [5, 5.41) is 4.97. The highest BCUT2D eigenvalue weighted by molar-refractivity contribution is 7.92. The second-order valence-electron chi connectivity index (χ2n) is 9.53. The van der Waals surface area contributed by atoms with Gasteiger partial charge in [-0.3, -0.25) is 19.7 Å². The van der Waals surface area contributed by atoms with Crippen LogP contribution in [-0.2, 0) is 37.1 Å². The van der Waals surface area contributed by atoms with Crippen LogP contribution in [0.15, 0.2) is 36.4 Å². The Hall–Kier alpha value is -3.87. The number of carbonyl (C=O) groups excluding carboxylic acids is 4. The van der Waals surface area contributed by atoms with Gasteiger partial charge in [0.05, 0.1) is 11.8 Å². The zero-order valence-electron chi connectivity index (χ0n) is 19.6. The van der Waals surface area contributed by atoms with Crippen LogP contribution in [0.2, 0.25) is 0 Å². The minimum Gasteiger partial charge on any atom is -0.325 e. The van der Waals surface area contributed by atoms with Crippen molar-refractivity contribution in [1.29, 1.82) is 0 Å². The summed E-state index contributed by atoms with van der Waals surface area (Å²) in [6.07, 6.45) is 0.586. The summed E-state index contributed by atoms with van der Waals surface area (Å²) in [5.41, 5.74) is 0.889. The predicted molar refractivity (Wildman–Crippen MR) is 126 cm³/mol. The Balaban J connectivity index is 1.34. The van der Waals surface area contributed by atoms with Crippen molar-refractivity contribution < 1.29 is 36.4 Å². The van der Waals surface area contributed by atoms with Gasteiger partial charge in [-0.05, 0) is 41.0 Å². The first-order valence-corrected chi connectivity index (χ1v) is 13.2. The highest BCUT2D eigenvalue weighted by Gasteiger charge is 2.54. The summed E-state index contributed by atoms with van der Waals surface area (Å²) in [6.45, 7) is -0.544. The largest absolute Gasteiger partial charge is 0.325 e. The van der Waals surface area contributed by atoms with E-state index >= 15 is 0 Å². The molecule has 2 heterocycles. The van der Waals surface area contributed by atoms with Gasteiger partial charge in [-0.2, -0.15) is 0 Å². The third kappa shape index (κ3) is 4.43. The normalized spacial score (nSPS) is 24.4. The molecule has 3 aliphatic rings. The molecule has 194 valence electrons. The third-order valence-electron chi connectivity index (χ3n) is 7.08. The molecule has 0 aromatic heterocycles. The van der Waals surface area contributed by atoms with Crippen LogP contribution in [0.25, 0.3) is 0 Å². The summed E-state index contributed by atoms with van der Waals surface area (Å²) >= 11 is 0. The number of carbonyl (C=O) groups is 4. The Bertz CT molecular complexity index is 1460. The van der Waals surface area contributed by atoms with Gasteiger partial charge in [0.1, 0.15) is 29.5 Å². The molecule has 2 aromatic carbocycles. The number of hydrogen-bond donors (Lipinski definition) is 2. The van der Waals surface area contributed by atoms with Crippen LogP contribution in [0, 0.1) is 11.6 Å². The van der Waals surface area contributed by atoms with Crippen molar-refractivity contribution in [2.75, 3.05) is 30.4 Å². The van der Waals surface area contributed by atoms with E-state index in [4.69, 9.17) is 0 Å². The average Bonchev–Trinajstić information content (AvgIpc) is 3.27. The van der Waals surface area contributed by atoms with Gasteiger partial charge in [-0.25, -0.2) is 22.0 Å². The highest BCUT2D eigenvalue weighted by atomic mass is 32.2. The zero-order valence-corrected chi connectivity index (χ0v) is 20.4. The maximum absolute atomic E-state index is 13.8. The third-order valence-corrected chi connectivity index (χ3v) is 8.59. The van der Waals surface area contributed by atoms with E-state index in [9.17, 15) is 36.4 Å². The molecule has 1 aliphatic carbocycles. The number of hydrogen-bond acceptors (Lipinski definition) is 6. The van der Waals surface area contributed by atoms with Crippen LogP contribution >= 0.6 is 0 Å². The number of nitrogens with one attached hydrogen (secondary N) is 2. The van der Waals surface area contributed by atoms with E-state index in [0.717, 1.165) is 28.2 Å².